The smallest absolute Gasteiger partial charge is 0.263 e. The van der Waals surface area contributed by atoms with Gasteiger partial charge in [0.25, 0.3) is 5.91 Å². The second-order valence-corrected chi connectivity index (χ2v) is 4.91. The van der Waals surface area contributed by atoms with E-state index in [4.69, 9.17) is 9.47 Å². The van der Waals surface area contributed by atoms with Gasteiger partial charge in [-0.3, -0.25) is 4.79 Å². The minimum absolute atomic E-state index is 0.0794. The van der Waals surface area contributed by atoms with Crippen molar-refractivity contribution >= 4 is 5.91 Å². The van der Waals surface area contributed by atoms with Crippen molar-refractivity contribution in [3.8, 4) is 11.5 Å². The van der Waals surface area contributed by atoms with E-state index >= 15 is 0 Å². The number of amides is 1. The van der Waals surface area contributed by atoms with Gasteiger partial charge in [0.2, 0.25) is 0 Å². The van der Waals surface area contributed by atoms with Gasteiger partial charge in [-0.1, -0.05) is 12.1 Å². The van der Waals surface area contributed by atoms with E-state index in [0.29, 0.717) is 24.1 Å². The average Bonchev–Trinajstić information content (AvgIpc) is 3.20. The van der Waals surface area contributed by atoms with Crippen molar-refractivity contribution < 1.29 is 14.3 Å². The van der Waals surface area contributed by atoms with E-state index in [2.05, 4.69) is 0 Å². The first kappa shape index (κ1) is 11.4. The molecule has 4 heteroatoms. The molecule has 3 rings (SSSR count). The van der Waals surface area contributed by atoms with Crippen molar-refractivity contribution in [3.05, 3.63) is 23.8 Å². The van der Waals surface area contributed by atoms with Gasteiger partial charge < -0.3 is 14.4 Å². The Morgan fingerprint density at radius 1 is 1.39 bits per heavy atom. The van der Waals surface area contributed by atoms with Gasteiger partial charge in [-0.2, -0.15) is 0 Å². The highest BCUT2D eigenvalue weighted by Gasteiger charge is 2.38. The van der Waals surface area contributed by atoms with Crippen molar-refractivity contribution in [1.82, 2.24) is 4.90 Å². The van der Waals surface area contributed by atoms with Gasteiger partial charge in [0.1, 0.15) is 0 Å². The number of fused-ring (bicyclic) bond motifs is 1. The summed E-state index contributed by atoms with van der Waals surface area (Å²) in [6, 6.07) is 6.20. The Kier molecular flexibility index (Phi) is 2.65. The first-order chi connectivity index (χ1) is 8.70. The predicted molar refractivity (Wildman–Crippen MR) is 66.7 cm³/mol. The molecule has 1 atom stereocenters. The number of hydrogen-bond donors (Lipinski definition) is 0. The second kappa shape index (κ2) is 4.19. The normalized spacial score (nSPS) is 23.1. The van der Waals surface area contributed by atoms with Crippen molar-refractivity contribution in [3.63, 3.8) is 0 Å². The van der Waals surface area contributed by atoms with E-state index in [-0.39, 0.29) is 5.91 Å². The molecule has 0 bridgehead atoms. The second-order valence-electron chi connectivity index (χ2n) is 4.91. The molecule has 0 radical (unpaired) electrons. The van der Waals surface area contributed by atoms with E-state index in [0.717, 1.165) is 18.4 Å². The van der Waals surface area contributed by atoms with Crippen LogP contribution in [-0.2, 0) is 11.3 Å². The fourth-order valence-corrected chi connectivity index (χ4v) is 2.40. The lowest BCUT2D eigenvalue weighted by atomic mass is 10.1. The fraction of sp³-hybridized carbons (Fsp3) is 0.500. The zero-order valence-electron chi connectivity index (χ0n) is 10.7. The molecule has 1 aliphatic heterocycles. The Labute approximate surface area is 106 Å². The quantitative estimate of drug-likeness (QED) is 0.802. The number of benzene rings is 1. The Morgan fingerprint density at radius 2 is 2.17 bits per heavy atom. The van der Waals surface area contributed by atoms with Crippen molar-refractivity contribution in [2.75, 3.05) is 7.11 Å². The van der Waals surface area contributed by atoms with Crippen LogP contribution in [0.25, 0.3) is 0 Å². The van der Waals surface area contributed by atoms with Crippen LogP contribution in [-0.4, -0.2) is 30.1 Å². The van der Waals surface area contributed by atoms with E-state index < -0.39 is 6.10 Å². The van der Waals surface area contributed by atoms with Crippen LogP contribution in [0, 0.1) is 0 Å². The van der Waals surface area contributed by atoms with Crippen LogP contribution >= 0.6 is 0 Å². The third kappa shape index (κ3) is 1.82. The number of para-hydroxylation sites is 1. The maximum atomic E-state index is 12.3. The highest BCUT2D eigenvalue weighted by molar-refractivity contribution is 5.82. The van der Waals surface area contributed by atoms with Crippen LogP contribution in [0.15, 0.2) is 18.2 Å². The summed E-state index contributed by atoms with van der Waals surface area (Å²) < 4.78 is 11.1. The van der Waals surface area contributed by atoms with Crippen molar-refractivity contribution in [2.45, 2.75) is 38.5 Å². The van der Waals surface area contributed by atoms with Gasteiger partial charge in [-0.15, -0.1) is 0 Å². The summed E-state index contributed by atoms with van der Waals surface area (Å²) in [6.45, 7) is 2.43. The van der Waals surface area contributed by atoms with E-state index in [9.17, 15) is 4.79 Å². The zero-order valence-corrected chi connectivity index (χ0v) is 10.7. The number of carbonyl (C=O) groups excluding carboxylic acids is 1. The fourth-order valence-electron chi connectivity index (χ4n) is 2.40. The zero-order chi connectivity index (χ0) is 12.7. The first-order valence-electron chi connectivity index (χ1n) is 6.33. The van der Waals surface area contributed by atoms with Gasteiger partial charge in [-0.25, -0.2) is 0 Å². The largest absolute Gasteiger partial charge is 0.493 e. The monoisotopic (exact) mass is 247 g/mol. The van der Waals surface area contributed by atoms with Crippen LogP contribution in [0.5, 0.6) is 11.5 Å². The molecule has 1 aromatic rings. The lowest BCUT2D eigenvalue weighted by molar-refractivity contribution is -0.138. The summed E-state index contributed by atoms with van der Waals surface area (Å²) in [6.07, 6.45) is 1.78. The molecule has 1 fully saturated rings. The molecule has 0 aromatic heterocycles. The first-order valence-corrected chi connectivity index (χ1v) is 6.33. The molecule has 0 spiro atoms. The number of carbonyl (C=O) groups is 1. The van der Waals surface area contributed by atoms with Gasteiger partial charge in [0.05, 0.1) is 7.11 Å². The lowest BCUT2D eigenvalue weighted by Gasteiger charge is -2.21. The Hall–Kier alpha value is -1.71. The molecule has 0 N–H and O–H groups in total. The molecule has 1 aromatic carbocycles. The maximum Gasteiger partial charge on any atom is 0.263 e. The summed E-state index contributed by atoms with van der Waals surface area (Å²) in [7, 11) is 1.62. The van der Waals surface area contributed by atoms with Crippen LogP contribution in [0.3, 0.4) is 0 Å². The van der Waals surface area contributed by atoms with E-state index in [1.807, 2.05) is 23.1 Å². The maximum absolute atomic E-state index is 12.3. The summed E-state index contributed by atoms with van der Waals surface area (Å²) >= 11 is 0. The molecule has 1 unspecified atom stereocenters. The number of nitrogens with zero attached hydrogens (tertiary/aromatic N) is 1. The summed E-state index contributed by atoms with van der Waals surface area (Å²) in [4.78, 5) is 14.2. The van der Waals surface area contributed by atoms with Crippen LogP contribution in [0.2, 0.25) is 0 Å². The highest BCUT2D eigenvalue weighted by Crippen LogP contribution is 2.38. The number of rotatable bonds is 2. The molecule has 2 aliphatic rings. The number of ether oxygens (including phenoxy) is 2. The van der Waals surface area contributed by atoms with Crippen LogP contribution in [0.4, 0.5) is 0 Å². The van der Waals surface area contributed by atoms with Crippen LogP contribution in [0.1, 0.15) is 25.3 Å². The van der Waals surface area contributed by atoms with Gasteiger partial charge in [0, 0.05) is 18.2 Å². The Bertz CT molecular complexity index is 482. The topological polar surface area (TPSA) is 38.8 Å². The van der Waals surface area contributed by atoms with Gasteiger partial charge in [-0.05, 0) is 25.8 Å². The lowest BCUT2D eigenvalue weighted by Crippen LogP contribution is -2.39. The average molecular weight is 247 g/mol. The third-order valence-corrected chi connectivity index (χ3v) is 3.53. The van der Waals surface area contributed by atoms with E-state index in [1.165, 1.54) is 0 Å². The summed E-state index contributed by atoms with van der Waals surface area (Å²) in [5.41, 5.74) is 1.03. The van der Waals surface area contributed by atoms with Crippen molar-refractivity contribution in [1.29, 1.82) is 0 Å². The van der Waals surface area contributed by atoms with Crippen molar-refractivity contribution in [2.24, 2.45) is 0 Å². The molecule has 1 amide bonds. The third-order valence-electron chi connectivity index (χ3n) is 3.53. The molecule has 4 nitrogen and oxygen atoms in total. The number of methoxy groups -OCH3 is 1. The molecule has 0 saturated heterocycles. The molecule has 96 valence electrons. The van der Waals surface area contributed by atoms with Crippen LogP contribution < -0.4 is 9.47 Å². The highest BCUT2D eigenvalue weighted by atomic mass is 16.5. The summed E-state index contributed by atoms with van der Waals surface area (Å²) in [5, 5.41) is 0. The van der Waals surface area contributed by atoms with Gasteiger partial charge >= 0.3 is 0 Å². The predicted octanol–water partition coefficient (Wildman–Crippen LogP) is 1.97. The SMILES string of the molecule is COc1cccc2c1OC(C)C(=O)N(C1CC1)C2. The Balaban J connectivity index is 2.01. The molecule has 1 saturated carbocycles. The molecule has 18 heavy (non-hydrogen) atoms. The minimum Gasteiger partial charge on any atom is -0.493 e. The van der Waals surface area contributed by atoms with E-state index in [1.54, 1.807) is 14.0 Å². The number of hydrogen-bond acceptors (Lipinski definition) is 3. The molecular weight excluding hydrogens is 230 g/mol. The molecule has 1 heterocycles. The Morgan fingerprint density at radius 3 is 2.83 bits per heavy atom. The molecular formula is C14H17NO3. The molecule has 1 aliphatic carbocycles. The van der Waals surface area contributed by atoms with Gasteiger partial charge in [0.15, 0.2) is 17.6 Å². The summed E-state index contributed by atoms with van der Waals surface area (Å²) in [5.74, 6) is 1.49. The minimum atomic E-state index is -0.442. The standard InChI is InChI=1S/C14H17NO3/c1-9-14(16)15(11-6-7-11)8-10-4-3-5-12(17-2)13(10)18-9/h3-5,9,11H,6-8H2,1-2H3.